The van der Waals surface area contributed by atoms with Gasteiger partial charge in [-0.15, -0.1) is 0 Å². The number of carbonyl (C=O) groups is 2. The summed E-state index contributed by atoms with van der Waals surface area (Å²) in [5, 5.41) is 2.95. The van der Waals surface area contributed by atoms with Crippen molar-refractivity contribution in [1.29, 1.82) is 0 Å². The molecule has 2 aromatic rings. The number of unbranched alkanes of at least 4 members (excludes halogenated alkanes) is 1. The summed E-state index contributed by atoms with van der Waals surface area (Å²) < 4.78 is 28.1. The second-order valence-electron chi connectivity index (χ2n) is 8.19. The molecule has 1 atom stereocenters. The SMILES string of the molecule is CCCCNC(=O)[C@@H]1CCCN(C(=O)c2cccc(NS(=O)(=O)c3ccccc3C)c2)C1. The quantitative estimate of drug-likeness (QED) is 0.593. The highest BCUT2D eigenvalue weighted by atomic mass is 32.2. The molecule has 2 N–H and O–H groups in total. The summed E-state index contributed by atoms with van der Waals surface area (Å²) >= 11 is 0. The van der Waals surface area contributed by atoms with Crippen molar-refractivity contribution in [3.8, 4) is 0 Å². The van der Waals surface area contributed by atoms with Gasteiger partial charge in [-0.1, -0.05) is 37.6 Å². The molecule has 2 aromatic carbocycles. The number of benzene rings is 2. The van der Waals surface area contributed by atoms with Gasteiger partial charge in [0.1, 0.15) is 0 Å². The lowest BCUT2D eigenvalue weighted by molar-refractivity contribution is -0.126. The second-order valence-corrected chi connectivity index (χ2v) is 9.84. The van der Waals surface area contributed by atoms with E-state index in [1.54, 1.807) is 60.4 Å². The van der Waals surface area contributed by atoms with E-state index in [4.69, 9.17) is 0 Å². The molecular weight excluding hydrogens is 426 g/mol. The van der Waals surface area contributed by atoms with Gasteiger partial charge in [-0.05, 0) is 56.0 Å². The number of anilines is 1. The number of likely N-dealkylation sites (tertiary alicyclic amines) is 1. The molecule has 0 aliphatic carbocycles. The van der Waals surface area contributed by atoms with Crippen molar-refractivity contribution >= 4 is 27.5 Å². The number of rotatable bonds is 8. The van der Waals surface area contributed by atoms with E-state index < -0.39 is 10.0 Å². The van der Waals surface area contributed by atoms with Crippen LogP contribution >= 0.6 is 0 Å². The highest BCUT2D eigenvalue weighted by Gasteiger charge is 2.29. The van der Waals surface area contributed by atoms with Gasteiger partial charge in [0, 0.05) is 30.9 Å². The molecule has 3 rings (SSSR count). The Morgan fingerprint density at radius 2 is 1.91 bits per heavy atom. The number of aryl methyl sites for hydroxylation is 1. The van der Waals surface area contributed by atoms with Crippen molar-refractivity contribution in [2.24, 2.45) is 5.92 Å². The zero-order valence-corrected chi connectivity index (χ0v) is 19.5. The van der Waals surface area contributed by atoms with E-state index in [1.807, 2.05) is 0 Å². The Morgan fingerprint density at radius 1 is 1.12 bits per heavy atom. The van der Waals surface area contributed by atoms with E-state index in [0.29, 0.717) is 36.4 Å². The minimum Gasteiger partial charge on any atom is -0.356 e. The maximum Gasteiger partial charge on any atom is 0.262 e. The Bertz CT molecular complexity index is 1070. The summed E-state index contributed by atoms with van der Waals surface area (Å²) in [5.41, 5.74) is 1.36. The maximum absolute atomic E-state index is 13.1. The van der Waals surface area contributed by atoms with E-state index in [2.05, 4.69) is 17.0 Å². The molecule has 1 aliphatic rings. The van der Waals surface area contributed by atoms with Gasteiger partial charge in [0.2, 0.25) is 5.91 Å². The highest BCUT2D eigenvalue weighted by molar-refractivity contribution is 7.92. The van der Waals surface area contributed by atoms with Crippen LogP contribution in [0.1, 0.15) is 48.5 Å². The number of hydrogen-bond donors (Lipinski definition) is 2. The molecule has 1 fully saturated rings. The first kappa shape index (κ1) is 23.8. The number of hydrogen-bond acceptors (Lipinski definition) is 4. The topological polar surface area (TPSA) is 95.6 Å². The summed E-state index contributed by atoms with van der Waals surface area (Å²) in [4.78, 5) is 27.4. The van der Waals surface area contributed by atoms with Crippen LogP contribution in [0.15, 0.2) is 53.4 Å². The Balaban J connectivity index is 1.70. The van der Waals surface area contributed by atoms with Crippen molar-refractivity contribution in [2.45, 2.75) is 44.4 Å². The first-order chi connectivity index (χ1) is 15.3. The molecule has 7 nitrogen and oxygen atoms in total. The van der Waals surface area contributed by atoms with E-state index in [0.717, 1.165) is 25.7 Å². The second kappa shape index (κ2) is 10.6. The van der Waals surface area contributed by atoms with E-state index in [9.17, 15) is 18.0 Å². The van der Waals surface area contributed by atoms with Crippen molar-refractivity contribution in [1.82, 2.24) is 10.2 Å². The van der Waals surface area contributed by atoms with Crippen molar-refractivity contribution in [3.63, 3.8) is 0 Å². The lowest BCUT2D eigenvalue weighted by atomic mass is 9.96. The molecule has 0 saturated carbocycles. The molecule has 1 saturated heterocycles. The third kappa shape index (κ3) is 5.88. The molecule has 2 amide bonds. The minimum absolute atomic E-state index is 0.00399. The van der Waals surface area contributed by atoms with Crippen LogP contribution in [0.4, 0.5) is 5.69 Å². The average Bonchev–Trinajstić information content (AvgIpc) is 2.79. The van der Waals surface area contributed by atoms with Gasteiger partial charge in [0.25, 0.3) is 15.9 Å². The highest BCUT2D eigenvalue weighted by Crippen LogP contribution is 2.22. The van der Waals surface area contributed by atoms with E-state index in [-0.39, 0.29) is 22.6 Å². The largest absolute Gasteiger partial charge is 0.356 e. The van der Waals surface area contributed by atoms with Crippen LogP contribution in [0.5, 0.6) is 0 Å². The average molecular weight is 458 g/mol. The molecule has 0 bridgehead atoms. The Labute approximate surface area is 190 Å². The molecular formula is C24H31N3O4S. The molecule has 8 heteroatoms. The van der Waals surface area contributed by atoms with Crippen LogP contribution in [0.3, 0.4) is 0 Å². The van der Waals surface area contributed by atoms with Gasteiger partial charge < -0.3 is 10.2 Å². The van der Waals surface area contributed by atoms with Crippen LogP contribution in [0, 0.1) is 12.8 Å². The fraction of sp³-hybridized carbons (Fsp3) is 0.417. The minimum atomic E-state index is -3.77. The van der Waals surface area contributed by atoms with Crippen molar-refractivity contribution < 1.29 is 18.0 Å². The summed E-state index contributed by atoms with van der Waals surface area (Å²) in [6.07, 6.45) is 3.47. The van der Waals surface area contributed by atoms with Gasteiger partial charge in [-0.3, -0.25) is 14.3 Å². The van der Waals surface area contributed by atoms with Gasteiger partial charge >= 0.3 is 0 Å². The van der Waals surface area contributed by atoms with E-state index in [1.165, 1.54) is 0 Å². The number of nitrogens with zero attached hydrogens (tertiary/aromatic N) is 1. The fourth-order valence-corrected chi connectivity index (χ4v) is 5.17. The molecule has 0 aromatic heterocycles. The Kier molecular flexibility index (Phi) is 7.90. The summed E-state index contributed by atoms with van der Waals surface area (Å²) in [7, 11) is -3.77. The smallest absolute Gasteiger partial charge is 0.262 e. The normalized spacial score (nSPS) is 16.4. The lowest BCUT2D eigenvalue weighted by Gasteiger charge is -2.32. The standard InChI is InChI=1S/C24H31N3O4S/c1-3-4-14-25-23(28)20-11-8-15-27(17-20)24(29)19-10-7-12-21(16-19)26-32(30,31)22-13-6-5-9-18(22)2/h5-7,9-10,12-13,16,20,26H,3-4,8,11,14-15,17H2,1-2H3,(H,25,28)/t20-/m1/s1. The summed E-state index contributed by atoms with van der Waals surface area (Å²) in [6, 6.07) is 13.2. The Morgan fingerprint density at radius 3 is 2.66 bits per heavy atom. The van der Waals surface area contributed by atoms with Crippen molar-refractivity contribution in [3.05, 3.63) is 59.7 Å². The van der Waals surface area contributed by atoms with E-state index >= 15 is 0 Å². The van der Waals surface area contributed by atoms with Gasteiger partial charge in [0.05, 0.1) is 10.8 Å². The number of piperidine rings is 1. The third-order valence-corrected chi connectivity index (χ3v) is 7.20. The molecule has 1 aliphatic heterocycles. The molecule has 32 heavy (non-hydrogen) atoms. The van der Waals surface area contributed by atoms with Crippen LogP contribution < -0.4 is 10.0 Å². The van der Waals surface area contributed by atoms with Gasteiger partial charge in [-0.25, -0.2) is 8.42 Å². The fourth-order valence-electron chi connectivity index (χ4n) is 3.87. The van der Waals surface area contributed by atoms with Crippen LogP contribution in [0.25, 0.3) is 0 Å². The van der Waals surface area contributed by atoms with Gasteiger partial charge in [0.15, 0.2) is 0 Å². The zero-order chi connectivity index (χ0) is 23.1. The van der Waals surface area contributed by atoms with Crippen LogP contribution in [0.2, 0.25) is 0 Å². The molecule has 0 radical (unpaired) electrons. The van der Waals surface area contributed by atoms with Crippen LogP contribution in [-0.4, -0.2) is 44.8 Å². The van der Waals surface area contributed by atoms with Crippen LogP contribution in [-0.2, 0) is 14.8 Å². The number of amides is 2. The summed E-state index contributed by atoms with van der Waals surface area (Å²) in [6.45, 7) is 5.41. The van der Waals surface area contributed by atoms with Gasteiger partial charge in [-0.2, -0.15) is 0 Å². The maximum atomic E-state index is 13.1. The number of nitrogens with one attached hydrogen (secondary N) is 2. The summed E-state index contributed by atoms with van der Waals surface area (Å²) in [5.74, 6) is -0.420. The third-order valence-electron chi connectivity index (χ3n) is 5.65. The first-order valence-corrected chi connectivity index (χ1v) is 12.6. The first-order valence-electron chi connectivity index (χ1n) is 11.1. The zero-order valence-electron chi connectivity index (χ0n) is 18.6. The molecule has 0 spiro atoms. The predicted octanol–water partition coefficient (Wildman–Crippen LogP) is 3.56. The number of carbonyl (C=O) groups excluding carboxylic acids is 2. The monoisotopic (exact) mass is 457 g/mol. The predicted molar refractivity (Wildman–Crippen MR) is 125 cm³/mol. The molecule has 1 heterocycles. The lowest BCUT2D eigenvalue weighted by Crippen LogP contribution is -2.45. The van der Waals surface area contributed by atoms with Crippen molar-refractivity contribution in [2.75, 3.05) is 24.4 Å². The molecule has 0 unspecified atom stereocenters. The Hall–Kier alpha value is -2.87. The number of sulfonamides is 1. The molecule has 172 valence electrons.